The van der Waals surface area contributed by atoms with Gasteiger partial charge in [-0.15, -0.1) is 6.42 Å². The molecule has 0 N–H and O–H groups in total. The van der Waals surface area contributed by atoms with Gasteiger partial charge in [0.15, 0.2) is 0 Å². The number of rotatable bonds is 2. The van der Waals surface area contributed by atoms with Crippen molar-refractivity contribution in [2.24, 2.45) is 0 Å². The van der Waals surface area contributed by atoms with Crippen molar-refractivity contribution in [1.29, 1.82) is 0 Å². The second-order valence-electron chi connectivity index (χ2n) is 2.85. The molecule has 0 aromatic heterocycles. The number of hydrogen-bond acceptors (Lipinski definition) is 1. The summed E-state index contributed by atoms with van der Waals surface area (Å²) < 4.78 is 0. The van der Waals surface area contributed by atoms with Gasteiger partial charge in [0.2, 0.25) is 5.91 Å². The Hall–Kier alpha value is -0.490. The Labute approximate surface area is 81.4 Å². The lowest BCUT2D eigenvalue weighted by molar-refractivity contribution is -0.130. The Bertz CT molecular complexity index is 209. The van der Waals surface area contributed by atoms with Gasteiger partial charge in [-0.05, 0) is 12.8 Å². The molecule has 3 heteroatoms. The molecule has 1 fully saturated rings. The van der Waals surface area contributed by atoms with E-state index in [-0.39, 0.29) is 11.9 Å². The highest BCUT2D eigenvalue weighted by Crippen LogP contribution is 2.17. The molecule has 1 rings (SSSR count). The summed E-state index contributed by atoms with van der Waals surface area (Å²) in [6.07, 6.45) is 7.86. The summed E-state index contributed by atoms with van der Waals surface area (Å²) in [5.41, 5.74) is 0. The first-order valence-electron chi connectivity index (χ1n) is 4.11. The smallest absolute Gasteiger partial charge is 0.224 e. The van der Waals surface area contributed by atoms with E-state index in [1.54, 1.807) is 4.90 Å². The molecule has 12 heavy (non-hydrogen) atoms. The molecular weight excluding hydrogens is 218 g/mol. The summed E-state index contributed by atoms with van der Waals surface area (Å²) in [5.74, 6) is 2.82. The van der Waals surface area contributed by atoms with Crippen LogP contribution >= 0.6 is 15.9 Å². The van der Waals surface area contributed by atoms with Crippen LogP contribution in [0.3, 0.4) is 0 Å². The maximum atomic E-state index is 11.4. The molecule has 0 aromatic carbocycles. The number of hydrogen-bond donors (Lipinski definition) is 0. The number of likely N-dealkylation sites (tertiary alicyclic amines) is 1. The molecule has 0 bridgehead atoms. The Morgan fingerprint density at radius 1 is 1.75 bits per heavy atom. The standard InChI is InChI=1S/C9H12BrNO/c1-2-8-4-3-7-11(8)9(12)5-6-10/h1,8H,3-7H2/t8-/m1/s1. The van der Waals surface area contributed by atoms with Crippen LogP contribution in [0.5, 0.6) is 0 Å². The third kappa shape index (κ3) is 2.01. The normalized spacial score (nSPS) is 22.3. The SMILES string of the molecule is C#C[C@@H]1CCCN1C(=O)CCBr. The molecule has 1 heterocycles. The first-order chi connectivity index (χ1) is 5.79. The molecule has 2 nitrogen and oxygen atoms in total. The Morgan fingerprint density at radius 3 is 3.08 bits per heavy atom. The fraction of sp³-hybridized carbons (Fsp3) is 0.667. The van der Waals surface area contributed by atoms with E-state index in [9.17, 15) is 4.79 Å². The van der Waals surface area contributed by atoms with Crippen molar-refractivity contribution in [1.82, 2.24) is 4.90 Å². The summed E-state index contributed by atoms with van der Waals surface area (Å²) in [7, 11) is 0. The van der Waals surface area contributed by atoms with Crippen molar-refractivity contribution in [2.45, 2.75) is 25.3 Å². The number of amides is 1. The van der Waals surface area contributed by atoms with Crippen LogP contribution in [0, 0.1) is 12.3 Å². The van der Waals surface area contributed by atoms with Gasteiger partial charge in [-0.25, -0.2) is 0 Å². The minimum Gasteiger partial charge on any atom is -0.329 e. The molecule has 0 saturated carbocycles. The van der Waals surface area contributed by atoms with Crippen molar-refractivity contribution in [3.63, 3.8) is 0 Å². The zero-order chi connectivity index (χ0) is 8.97. The second kappa shape index (κ2) is 4.51. The largest absolute Gasteiger partial charge is 0.329 e. The molecule has 1 aliphatic rings. The quantitative estimate of drug-likeness (QED) is 0.518. The summed E-state index contributed by atoms with van der Waals surface area (Å²) in [6.45, 7) is 0.834. The average Bonchev–Trinajstić information content (AvgIpc) is 2.51. The monoisotopic (exact) mass is 229 g/mol. The molecular formula is C9H12BrNO. The third-order valence-electron chi connectivity index (χ3n) is 2.07. The fourth-order valence-corrected chi connectivity index (χ4v) is 1.80. The first kappa shape index (κ1) is 9.60. The van der Waals surface area contributed by atoms with Crippen molar-refractivity contribution in [2.75, 3.05) is 11.9 Å². The fourth-order valence-electron chi connectivity index (χ4n) is 1.46. The number of carbonyl (C=O) groups excluding carboxylic acids is 1. The number of alkyl halides is 1. The molecule has 0 radical (unpaired) electrons. The molecule has 0 unspecified atom stereocenters. The number of halogens is 1. The molecule has 66 valence electrons. The lowest BCUT2D eigenvalue weighted by atomic mass is 10.2. The van der Waals surface area contributed by atoms with Crippen molar-refractivity contribution < 1.29 is 4.79 Å². The van der Waals surface area contributed by atoms with E-state index in [1.807, 2.05) is 0 Å². The maximum Gasteiger partial charge on any atom is 0.224 e. The van der Waals surface area contributed by atoms with E-state index in [1.165, 1.54) is 0 Å². The van der Waals surface area contributed by atoms with Crippen molar-refractivity contribution in [3.05, 3.63) is 0 Å². The molecule has 0 aromatic rings. The second-order valence-corrected chi connectivity index (χ2v) is 3.64. The minimum absolute atomic E-state index is 0.0524. The van der Waals surface area contributed by atoms with E-state index >= 15 is 0 Å². The van der Waals surface area contributed by atoms with E-state index in [4.69, 9.17) is 6.42 Å². The van der Waals surface area contributed by atoms with E-state index < -0.39 is 0 Å². The van der Waals surface area contributed by atoms with Crippen LogP contribution in [-0.2, 0) is 4.79 Å². The van der Waals surface area contributed by atoms with Gasteiger partial charge in [0.25, 0.3) is 0 Å². The lowest BCUT2D eigenvalue weighted by Gasteiger charge is -2.19. The third-order valence-corrected chi connectivity index (χ3v) is 2.47. The number of carbonyl (C=O) groups is 1. The van der Waals surface area contributed by atoms with Crippen LogP contribution in [0.4, 0.5) is 0 Å². The molecule has 1 atom stereocenters. The molecule has 0 aliphatic carbocycles. The Balaban J connectivity index is 2.51. The zero-order valence-electron chi connectivity index (χ0n) is 6.92. The van der Waals surface area contributed by atoms with Crippen LogP contribution in [0.1, 0.15) is 19.3 Å². The lowest BCUT2D eigenvalue weighted by Crippen LogP contribution is -2.34. The zero-order valence-corrected chi connectivity index (χ0v) is 8.51. The topological polar surface area (TPSA) is 20.3 Å². The first-order valence-corrected chi connectivity index (χ1v) is 5.23. The van der Waals surface area contributed by atoms with Crippen LogP contribution in [0.15, 0.2) is 0 Å². The Morgan fingerprint density at radius 2 is 2.50 bits per heavy atom. The van der Waals surface area contributed by atoms with Gasteiger partial charge in [-0.1, -0.05) is 21.9 Å². The molecule has 1 amide bonds. The van der Waals surface area contributed by atoms with Crippen LogP contribution < -0.4 is 0 Å². The van der Waals surface area contributed by atoms with Gasteiger partial charge >= 0.3 is 0 Å². The van der Waals surface area contributed by atoms with Crippen LogP contribution in [-0.4, -0.2) is 28.7 Å². The average molecular weight is 230 g/mol. The van der Waals surface area contributed by atoms with E-state index in [2.05, 4.69) is 21.9 Å². The summed E-state index contributed by atoms with van der Waals surface area (Å²) in [5, 5.41) is 0.722. The van der Waals surface area contributed by atoms with Gasteiger partial charge in [0.05, 0.1) is 6.04 Å². The summed E-state index contributed by atoms with van der Waals surface area (Å²) in [6, 6.07) is 0.0524. The van der Waals surface area contributed by atoms with Gasteiger partial charge in [-0.2, -0.15) is 0 Å². The highest BCUT2D eigenvalue weighted by Gasteiger charge is 2.25. The van der Waals surface area contributed by atoms with Gasteiger partial charge in [0.1, 0.15) is 0 Å². The maximum absolute atomic E-state index is 11.4. The number of terminal acetylenes is 1. The van der Waals surface area contributed by atoms with Gasteiger partial charge in [-0.3, -0.25) is 4.79 Å². The van der Waals surface area contributed by atoms with E-state index in [0.29, 0.717) is 6.42 Å². The molecule has 1 aliphatic heterocycles. The summed E-state index contributed by atoms with van der Waals surface area (Å²) >= 11 is 3.24. The highest BCUT2D eigenvalue weighted by molar-refractivity contribution is 9.09. The Kier molecular flexibility index (Phi) is 3.61. The van der Waals surface area contributed by atoms with E-state index in [0.717, 1.165) is 24.7 Å². The molecule has 0 spiro atoms. The van der Waals surface area contributed by atoms with Crippen molar-refractivity contribution >= 4 is 21.8 Å². The predicted molar refractivity (Wildman–Crippen MR) is 52.0 cm³/mol. The minimum atomic E-state index is 0.0524. The van der Waals surface area contributed by atoms with Crippen LogP contribution in [0.25, 0.3) is 0 Å². The van der Waals surface area contributed by atoms with Crippen LogP contribution in [0.2, 0.25) is 0 Å². The number of nitrogens with zero attached hydrogens (tertiary/aromatic N) is 1. The van der Waals surface area contributed by atoms with Gasteiger partial charge < -0.3 is 4.90 Å². The highest BCUT2D eigenvalue weighted by atomic mass is 79.9. The molecule has 1 saturated heterocycles. The van der Waals surface area contributed by atoms with Crippen molar-refractivity contribution in [3.8, 4) is 12.3 Å². The predicted octanol–water partition coefficient (Wildman–Crippen LogP) is 1.40. The van der Waals surface area contributed by atoms with Gasteiger partial charge in [0, 0.05) is 18.3 Å². The summed E-state index contributed by atoms with van der Waals surface area (Å²) in [4.78, 5) is 13.2.